The summed E-state index contributed by atoms with van der Waals surface area (Å²) in [6.07, 6.45) is -0.389. The fraction of sp³-hybridized carbons (Fsp3) is 0.375. The lowest BCUT2D eigenvalue weighted by molar-refractivity contribution is -0.139. The molecule has 46 heavy (non-hydrogen) atoms. The van der Waals surface area contributed by atoms with Crippen LogP contribution < -0.4 is 9.62 Å². The van der Waals surface area contributed by atoms with E-state index in [1.54, 1.807) is 25.1 Å². The van der Waals surface area contributed by atoms with Gasteiger partial charge in [-0.2, -0.15) is 13.2 Å². The first-order valence-corrected chi connectivity index (χ1v) is 17.2. The molecule has 14 heteroatoms. The molecule has 1 fully saturated rings. The van der Waals surface area contributed by atoms with E-state index in [1.165, 1.54) is 31.2 Å². The first-order chi connectivity index (χ1) is 21.6. The molecule has 2 amide bonds. The van der Waals surface area contributed by atoms with Gasteiger partial charge in [-0.3, -0.25) is 13.9 Å². The number of sulfonamides is 1. The Labute approximate surface area is 281 Å². The summed E-state index contributed by atoms with van der Waals surface area (Å²) in [5, 5.41) is 2.75. The van der Waals surface area contributed by atoms with Crippen LogP contribution in [0.5, 0.6) is 0 Å². The van der Waals surface area contributed by atoms with Crippen LogP contribution in [-0.2, 0) is 32.3 Å². The Bertz CT molecular complexity index is 1660. The van der Waals surface area contributed by atoms with Crippen LogP contribution in [0.25, 0.3) is 0 Å². The van der Waals surface area contributed by atoms with Crippen LogP contribution in [-0.4, -0.2) is 43.8 Å². The highest BCUT2D eigenvalue weighted by Crippen LogP contribution is 2.38. The number of anilines is 1. The zero-order valence-electron chi connectivity index (χ0n) is 25.1. The second-order valence-corrected chi connectivity index (χ2v) is 14.3. The smallest absolute Gasteiger partial charge is 0.352 e. The summed E-state index contributed by atoms with van der Waals surface area (Å²) in [7, 11) is -4.61. The molecule has 0 heterocycles. The lowest BCUT2D eigenvalue weighted by atomic mass is 9.95. The number of rotatable bonds is 10. The number of alkyl halides is 3. The fourth-order valence-electron chi connectivity index (χ4n) is 5.26. The van der Waals surface area contributed by atoms with Gasteiger partial charge in [-0.05, 0) is 69.2 Å². The van der Waals surface area contributed by atoms with E-state index in [9.17, 15) is 31.2 Å². The fourth-order valence-corrected chi connectivity index (χ4v) is 7.40. The highest BCUT2D eigenvalue weighted by atomic mass is 35.5. The van der Waals surface area contributed by atoms with Crippen molar-refractivity contribution in [2.24, 2.45) is 0 Å². The highest BCUT2D eigenvalue weighted by Gasteiger charge is 2.37. The van der Waals surface area contributed by atoms with Gasteiger partial charge in [0.15, 0.2) is 0 Å². The first-order valence-electron chi connectivity index (χ1n) is 14.6. The van der Waals surface area contributed by atoms with Crippen molar-refractivity contribution in [1.82, 2.24) is 10.2 Å². The summed E-state index contributed by atoms with van der Waals surface area (Å²) in [6, 6.07) is 11.7. The Kier molecular flexibility index (Phi) is 11.6. The van der Waals surface area contributed by atoms with Crippen LogP contribution in [0.4, 0.5) is 18.9 Å². The van der Waals surface area contributed by atoms with E-state index in [4.69, 9.17) is 34.8 Å². The van der Waals surface area contributed by atoms with Crippen LogP contribution in [0, 0.1) is 6.92 Å². The van der Waals surface area contributed by atoms with Crippen LogP contribution >= 0.6 is 34.8 Å². The number of halogens is 6. The molecular weight excluding hydrogens is 686 g/mol. The number of hydrogen-bond acceptors (Lipinski definition) is 4. The zero-order valence-corrected chi connectivity index (χ0v) is 28.2. The number of carbonyl (C=O) groups excluding carboxylic acids is 2. The molecule has 1 aliphatic carbocycles. The maximum absolute atomic E-state index is 14.2. The van der Waals surface area contributed by atoms with Gasteiger partial charge in [0, 0.05) is 28.2 Å². The maximum atomic E-state index is 14.2. The molecule has 7 nitrogen and oxygen atoms in total. The second-order valence-electron chi connectivity index (χ2n) is 11.2. The van der Waals surface area contributed by atoms with Crippen molar-refractivity contribution in [2.75, 3.05) is 10.8 Å². The molecule has 248 valence electrons. The normalized spacial score (nSPS) is 14.9. The SMILES string of the molecule is Cc1ccc(S(=O)(=O)N(CC(=O)N(Cc2c(Cl)cccc2Cl)[C@@H](C)C(=O)NC2CCCCC2)c2ccc(Cl)c(C(F)(F)F)c2)cc1. The molecule has 0 aliphatic heterocycles. The molecule has 4 rings (SSSR count). The van der Waals surface area contributed by atoms with Gasteiger partial charge in [-0.25, -0.2) is 8.42 Å². The van der Waals surface area contributed by atoms with E-state index in [0.29, 0.717) is 15.9 Å². The van der Waals surface area contributed by atoms with E-state index in [2.05, 4.69) is 5.32 Å². The summed E-state index contributed by atoms with van der Waals surface area (Å²) in [5.74, 6) is -1.34. The monoisotopic (exact) mass is 717 g/mol. The quantitative estimate of drug-likeness (QED) is 0.230. The molecule has 0 saturated heterocycles. The Morgan fingerprint density at radius 3 is 2.13 bits per heavy atom. The summed E-state index contributed by atoms with van der Waals surface area (Å²) < 4.78 is 70.1. The summed E-state index contributed by atoms with van der Waals surface area (Å²) >= 11 is 18.7. The Balaban J connectivity index is 1.78. The van der Waals surface area contributed by atoms with E-state index in [0.717, 1.165) is 54.7 Å². The zero-order chi connectivity index (χ0) is 33.8. The molecule has 1 N–H and O–H groups in total. The molecule has 0 bridgehead atoms. The minimum Gasteiger partial charge on any atom is -0.352 e. The number of nitrogens with zero attached hydrogens (tertiary/aromatic N) is 2. The lowest BCUT2D eigenvalue weighted by Gasteiger charge is -2.33. The van der Waals surface area contributed by atoms with Crippen molar-refractivity contribution in [2.45, 2.75) is 75.7 Å². The largest absolute Gasteiger partial charge is 0.417 e. The van der Waals surface area contributed by atoms with Gasteiger partial charge in [0.1, 0.15) is 12.6 Å². The molecular formula is C32H33Cl3F3N3O4S. The average Bonchev–Trinajstić information content (AvgIpc) is 3.00. The molecule has 1 saturated carbocycles. The molecule has 0 unspecified atom stereocenters. The van der Waals surface area contributed by atoms with Gasteiger partial charge in [0.05, 0.1) is 21.2 Å². The summed E-state index contributed by atoms with van der Waals surface area (Å²) in [6.45, 7) is 2.01. The Morgan fingerprint density at radius 1 is 0.935 bits per heavy atom. The molecule has 0 spiro atoms. The van der Waals surface area contributed by atoms with Gasteiger partial charge in [-0.1, -0.05) is 77.8 Å². The van der Waals surface area contributed by atoms with Gasteiger partial charge < -0.3 is 10.2 Å². The molecule has 0 aromatic heterocycles. The standard InChI is InChI=1S/C32H33Cl3F3N3O4S/c1-20-11-14-24(15-12-20)46(44,45)41(23-13-16-29(35)26(17-23)32(36,37)38)19-30(42)40(18-25-27(33)9-6-10-28(25)34)21(2)31(43)39-22-7-4-3-5-8-22/h6,9-17,21-22H,3-5,7-8,18-19H2,1-2H3,(H,39,43)/t21-/m0/s1. The van der Waals surface area contributed by atoms with Crippen molar-refractivity contribution in [3.05, 3.63) is 92.4 Å². The van der Waals surface area contributed by atoms with Gasteiger partial charge >= 0.3 is 6.18 Å². The number of hydrogen-bond donors (Lipinski definition) is 1. The predicted molar refractivity (Wildman–Crippen MR) is 174 cm³/mol. The van der Waals surface area contributed by atoms with Crippen molar-refractivity contribution in [3.63, 3.8) is 0 Å². The van der Waals surface area contributed by atoms with Gasteiger partial charge in [-0.15, -0.1) is 0 Å². The average molecular weight is 719 g/mol. The molecule has 1 atom stereocenters. The van der Waals surface area contributed by atoms with Crippen LogP contribution in [0.2, 0.25) is 15.1 Å². The van der Waals surface area contributed by atoms with Crippen molar-refractivity contribution >= 4 is 62.3 Å². The van der Waals surface area contributed by atoms with Gasteiger partial charge in [0.25, 0.3) is 10.0 Å². The summed E-state index contributed by atoms with van der Waals surface area (Å²) in [4.78, 5) is 28.5. The van der Waals surface area contributed by atoms with Crippen LogP contribution in [0.15, 0.2) is 65.6 Å². The third-order valence-corrected chi connectivity index (χ3v) is 10.8. The van der Waals surface area contributed by atoms with E-state index in [1.807, 2.05) is 0 Å². The van der Waals surface area contributed by atoms with Crippen LogP contribution in [0.3, 0.4) is 0 Å². The lowest BCUT2D eigenvalue weighted by Crippen LogP contribution is -2.53. The third kappa shape index (κ3) is 8.48. The molecule has 3 aromatic carbocycles. The van der Waals surface area contributed by atoms with Gasteiger partial charge in [0.2, 0.25) is 11.8 Å². The number of nitrogens with one attached hydrogen (secondary N) is 1. The molecule has 3 aromatic rings. The van der Waals surface area contributed by atoms with E-state index < -0.39 is 56.9 Å². The number of benzene rings is 3. The highest BCUT2D eigenvalue weighted by molar-refractivity contribution is 7.92. The topological polar surface area (TPSA) is 86.8 Å². The van der Waals surface area contributed by atoms with Crippen LogP contribution in [0.1, 0.15) is 55.7 Å². The molecule has 1 aliphatic rings. The third-order valence-electron chi connectivity index (χ3n) is 7.94. The Hall–Kier alpha value is -2.99. The predicted octanol–water partition coefficient (Wildman–Crippen LogP) is 8.04. The number of aryl methyl sites for hydroxylation is 1. The molecule has 0 radical (unpaired) electrons. The van der Waals surface area contributed by atoms with Crippen molar-refractivity contribution < 1.29 is 31.2 Å². The maximum Gasteiger partial charge on any atom is 0.417 e. The van der Waals surface area contributed by atoms with Crippen molar-refractivity contribution in [1.29, 1.82) is 0 Å². The van der Waals surface area contributed by atoms with E-state index in [-0.39, 0.29) is 27.5 Å². The second kappa shape index (κ2) is 14.8. The summed E-state index contributed by atoms with van der Waals surface area (Å²) in [5.41, 5.74) is -0.660. The minimum absolute atomic E-state index is 0.0853. The van der Waals surface area contributed by atoms with Crippen molar-refractivity contribution in [3.8, 4) is 0 Å². The minimum atomic E-state index is -4.91. The first kappa shape index (κ1) is 35.9. The number of amides is 2. The van der Waals surface area contributed by atoms with E-state index >= 15 is 0 Å². The number of carbonyl (C=O) groups is 2. The Morgan fingerprint density at radius 2 is 1.54 bits per heavy atom.